The molecule has 28 heavy (non-hydrogen) atoms. The lowest BCUT2D eigenvalue weighted by atomic mass is 9.66. The van der Waals surface area contributed by atoms with Crippen LogP contribution in [0.3, 0.4) is 0 Å². The van der Waals surface area contributed by atoms with Crippen molar-refractivity contribution >= 4 is 11.6 Å². The summed E-state index contributed by atoms with van der Waals surface area (Å²) in [5, 5.41) is 10.9. The molecule has 148 valence electrons. The van der Waals surface area contributed by atoms with Gasteiger partial charge in [-0.2, -0.15) is 0 Å². The maximum absolute atomic E-state index is 13.2. The molecular weight excluding hydrogens is 352 g/mol. The minimum absolute atomic E-state index is 0.0143. The van der Waals surface area contributed by atoms with Crippen LogP contribution < -0.4 is 4.74 Å². The largest absolute Gasteiger partial charge is 0.512 e. The number of hydrogen-bond acceptors (Lipinski definition) is 4. The van der Waals surface area contributed by atoms with Gasteiger partial charge in [0.2, 0.25) is 0 Å². The molecule has 0 aromatic heterocycles. The van der Waals surface area contributed by atoms with E-state index in [0.29, 0.717) is 48.3 Å². The van der Waals surface area contributed by atoms with E-state index in [9.17, 15) is 14.7 Å². The molecule has 0 radical (unpaired) electrons. The summed E-state index contributed by atoms with van der Waals surface area (Å²) >= 11 is 0. The van der Waals surface area contributed by atoms with Crippen LogP contribution in [0.5, 0.6) is 5.75 Å². The predicted molar refractivity (Wildman–Crippen MR) is 107 cm³/mol. The van der Waals surface area contributed by atoms with E-state index in [-0.39, 0.29) is 28.2 Å². The predicted octanol–water partition coefficient (Wildman–Crippen LogP) is 5.32. The van der Waals surface area contributed by atoms with E-state index in [2.05, 4.69) is 13.8 Å². The van der Waals surface area contributed by atoms with Gasteiger partial charge in [0.1, 0.15) is 17.3 Å². The van der Waals surface area contributed by atoms with Crippen LogP contribution >= 0.6 is 0 Å². The molecule has 4 nitrogen and oxygen atoms in total. The van der Waals surface area contributed by atoms with E-state index < -0.39 is 5.92 Å². The third kappa shape index (κ3) is 3.09. The smallest absolute Gasteiger partial charge is 0.163 e. The van der Waals surface area contributed by atoms with Crippen LogP contribution in [0.15, 0.2) is 40.9 Å². The zero-order valence-electron chi connectivity index (χ0n) is 17.3. The second-order valence-corrected chi connectivity index (χ2v) is 10.2. The molecule has 0 spiro atoms. The standard InChI is InChI=1S/C24H28O4/c1-13-6-7-14-18(8-13)28-19-12-24(4,5)11-17(27)22(19)20(14)21-15(25)9-23(2,3)10-16(21)26/h6-8,20,25H,9-12H2,1-5H3. The van der Waals surface area contributed by atoms with E-state index in [0.717, 1.165) is 11.1 Å². The number of aliphatic hydroxyl groups is 1. The summed E-state index contributed by atoms with van der Waals surface area (Å²) in [6.07, 6.45) is 1.87. The van der Waals surface area contributed by atoms with Gasteiger partial charge in [0, 0.05) is 42.4 Å². The highest BCUT2D eigenvalue weighted by Gasteiger charge is 2.46. The van der Waals surface area contributed by atoms with Crippen LogP contribution in [-0.2, 0) is 9.59 Å². The Hall–Kier alpha value is -2.36. The van der Waals surface area contributed by atoms with Crippen molar-refractivity contribution in [3.63, 3.8) is 0 Å². The van der Waals surface area contributed by atoms with Gasteiger partial charge in [0.05, 0.1) is 5.92 Å². The molecule has 1 heterocycles. The van der Waals surface area contributed by atoms with E-state index in [4.69, 9.17) is 4.74 Å². The first-order valence-corrected chi connectivity index (χ1v) is 9.97. The lowest BCUT2D eigenvalue weighted by Gasteiger charge is -2.40. The molecule has 0 saturated carbocycles. The molecule has 2 aliphatic carbocycles. The quantitative estimate of drug-likeness (QED) is 0.716. The first-order valence-electron chi connectivity index (χ1n) is 9.97. The summed E-state index contributed by atoms with van der Waals surface area (Å²) in [5.74, 6) is 0.863. The zero-order valence-corrected chi connectivity index (χ0v) is 17.3. The lowest BCUT2D eigenvalue weighted by molar-refractivity contribution is -0.119. The Morgan fingerprint density at radius 2 is 1.54 bits per heavy atom. The number of rotatable bonds is 1. The van der Waals surface area contributed by atoms with Crippen LogP contribution in [0.4, 0.5) is 0 Å². The fraction of sp³-hybridized carbons (Fsp3) is 0.500. The first kappa shape index (κ1) is 19.0. The number of ether oxygens (including phenoxy) is 1. The van der Waals surface area contributed by atoms with Crippen molar-refractivity contribution in [2.75, 3.05) is 0 Å². The minimum atomic E-state index is -0.536. The molecule has 4 heteroatoms. The van der Waals surface area contributed by atoms with Gasteiger partial charge in [-0.3, -0.25) is 9.59 Å². The highest BCUT2D eigenvalue weighted by molar-refractivity contribution is 6.06. The molecule has 1 unspecified atom stereocenters. The molecule has 4 rings (SSSR count). The number of hydrogen-bond donors (Lipinski definition) is 1. The number of Topliss-reactive ketones (excluding diaryl/α,β-unsaturated/α-hetero) is 2. The number of benzene rings is 1. The Labute approximate surface area is 166 Å². The molecule has 0 amide bonds. The Kier molecular flexibility index (Phi) is 4.11. The van der Waals surface area contributed by atoms with E-state index >= 15 is 0 Å². The monoisotopic (exact) mass is 380 g/mol. The van der Waals surface area contributed by atoms with Crippen molar-refractivity contribution in [3.8, 4) is 5.75 Å². The number of ketones is 2. The normalized spacial score (nSPS) is 26.0. The average Bonchev–Trinajstić information content (AvgIpc) is 2.50. The summed E-state index contributed by atoms with van der Waals surface area (Å²) in [4.78, 5) is 26.3. The zero-order chi connectivity index (χ0) is 20.4. The molecule has 0 fully saturated rings. The lowest BCUT2D eigenvalue weighted by Crippen LogP contribution is -2.36. The van der Waals surface area contributed by atoms with Crippen molar-refractivity contribution in [3.05, 3.63) is 52.0 Å². The topological polar surface area (TPSA) is 63.6 Å². The summed E-state index contributed by atoms with van der Waals surface area (Å²) < 4.78 is 6.20. The van der Waals surface area contributed by atoms with Crippen LogP contribution in [0.25, 0.3) is 0 Å². The van der Waals surface area contributed by atoms with Gasteiger partial charge in [-0.15, -0.1) is 0 Å². The average molecular weight is 380 g/mol. The van der Waals surface area contributed by atoms with E-state index in [1.54, 1.807) is 0 Å². The Bertz CT molecular complexity index is 959. The number of carbonyl (C=O) groups is 2. The number of fused-ring (bicyclic) bond motifs is 1. The molecule has 1 N–H and O–H groups in total. The third-order valence-corrected chi connectivity index (χ3v) is 6.07. The molecule has 0 saturated heterocycles. The van der Waals surface area contributed by atoms with Crippen molar-refractivity contribution in [2.24, 2.45) is 10.8 Å². The summed E-state index contributed by atoms with van der Waals surface area (Å²) in [6.45, 7) is 10.1. The first-order chi connectivity index (χ1) is 13.0. The highest BCUT2D eigenvalue weighted by Crippen LogP contribution is 2.52. The molecular formula is C24H28O4. The number of carbonyl (C=O) groups excluding carboxylic acids is 2. The second kappa shape index (κ2) is 6.07. The van der Waals surface area contributed by atoms with Crippen molar-refractivity contribution < 1.29 is 19.4 Å². The SMILES string of the molecule is Cc1ccc2c(c1)OC1=C(C(=O)CC(C)(C)C1)C2C1=C(O)CC(C)(C)CC1=O. The van der Waals surface area contributed by atoms with Gasteiger partial charge in [0.25, 0.3) is 0 Å². The summed E-state index contributed by atoms with van der Waals surface area (Å²) in [6, 6.07) is 5.85. The Morgan fingerprint density at radius 3 is 2.18 bits per heavy atom. The number of allylic oxidation sites excluding steroid dienone is 4. The van der Waals surface area contributed by atoms with Gasteiger partial charge >= 0.3 is 0 Å². The highest BCUT2D eigenvalue weighted by atomic mass is 16.5. The molecule has 1 atom stereocenters. The van der Waals surface area contributed by atoms with Crippen LogP contribution in [-0.4, -0.2) is 16.7 Å². The van der Waals surface area contributed by atoms with Gasteiger partial charge < -0.3 is 9.84 Å². The molecule has 1 aromatic rings. The fourth-order valence-corrected chi connectivity index (χ4v) is 4.88. The van der Waals surface area contributed by atoms with Gasteiger partial charge in [0.15, 0.2) is 11.6 Å². The summed E-state index contributed by atoms with van der Waals surface area (Å²) in [5.41, 5.74) is 2.33. The Morgan fingerprint density at radius 1 is 0.929 bits per heavy atom. The molecule has 0 bridgehead atoms. The van der Waals surface area contributed by atoms with Crippen molar-refractivity contribution in [1.29, 1.82) is 0 Å². The Balaban J connectivity index is 1.95. The van der Waals surface area contributed by atoms with Crippen LogP contribution in [0.2, 0.25) is 0 Å². The van der Waals surface area contributed by atoms with Gasteiger partial charge in [-0.1, -0.05) is 39.8 Å². The number of aryl methyl sites for hydroxylation is 1. The third-order valence-electron chi connectivity index (χ3n) is 6.07. The fourth-order valence-electron chi connectivity index (χ4n) is 4.88. The second-order valence-electron chi connectivity index (χ2n) is 10.2. The number of aliphatic hydroxyl groups excluding tert-OH is 1. The maximum Gasteiger partial charge on any atom is 0.163 e. The molecule has 1 aromatic carbocycles. The van der Waals surface area contributed by atoms with Gasteiger partial charge in [-0.05, 0) is 29.4 Å². The van der Waals surface area contributed by atoms with E-state index in [1.165, 1.54) is 0 Å². The van der Waals surface area contributed by atoms with Crippen LogP contribution in [0, 0.1) is 17.8 Å². The van der Waals surface area contributed by atoms with Crippen LogP contribution in [0.1, 0.15) is 70.4 Å². The van der Waals surface area contributed by atoms with Crippen molar-refractivity contribution in [1.82, 2.24) is 0 Å². The summed E-state index contributed by atoms with van der Waals surface area (Å²) in [7, 11) is 0. The molecule has 3 aliphatic rings. The minimum Gasteiger partial charge on any atom is -0.512 e. The molecule has 1 aliphatic heterocycles. The van der Waals surface area contributed by atoms with Crippen molar-refractivity contribution in [2.45, 2.75) is 66.2 Å². The van der Waals surface area contributed by atoms with Gasteiger partial charge in [-0.25, -0.2) is 0 Å². The van der Waals surface area contributed by atoms with E-state index in [1.807, 2.05) is 39.0 Å². The maximum atomic E-state index is 13.2.